The highest BCUT2D eigenvalue weighted by molar-refractivity contribution is 9.10. The molecular weight excluding hydrogens is 432 g/mol. The minimum Gasteiger partial charge on any atom is -0.494 e. The molecule has 5 nitrogen and oxygen atoms in total. The second kappa shape index (κ2) is 9.92. The first kappa shape index (κ1) is 21.4. The molecular formula is C23H27BrN2O3. The van der Waals surface area contributed by atoms with Crippen LogP contribution in [0, 0.1) is 0 Å². The van der Waals surface area contributed by atoms with E-state index in [-0.39, 0.29) is 30.3 Å². The number of benzene rings is 2. The first-order valence-electron chi connectivity index (χ1n) is 10.0. The summed E-state index contributed by atoms with van der Waals surface area (Å²) in [6.07, 6.45) is 2.17. The van der Waals surface area contributed by atoms with Gasteiger partial charge in [0.1, 0.15) is 5.75 Å². The maximum Gasteiger partial charge on any atom is 0.225 e. The molecule has 2 amide bonds. The zero-order chi connectivity index (χ0) is 20.8. The predicted octanol–water partition coefficient (Wildman–Crippen LogP) is 4.78. The van der Waals surface area contributed by atoms with Crippen molar-refractivity contribution in [2.24, 2.45) is 0 Å². The Morgan fingerprint density at radius 1 is 1.17 bits per heavy atom. The van der Waals surface area contributed by atoms with E-state index in [0.717, 1.165) is 40.7 Å². The Morgan fingerprint density at radius 3 is 2.48 bits per heavy atom. The van der Waals surface area contributed by atoms with Crippen molar-refractivity contribution in [2.75, 3.05) is 13.2 Å². The van der Waals surface area contributed by atoms with Crippen molar-refractivity contribution in [3.05, 3.63) is 64.1 Å². The molecule has 0 spiro atoms. The highest BCUT2D eigenvalue weighted by atomic mass is 79.9. The van der Waals surface area contributed by atoms with Crippen molar-refractivity contribution in [1.29, 1.82) is 0 Å². The maximum atomic E-state index is 13.2. The number of carbonyl (C=O) groups is 2. The Morgan fingerprint density at radius 2 is 1.86 bits per heavy atom. The number of nitrogens with zero attached hydrogens (tertiary/aromatic N) is 1. The molecule has 2 atom stereocenters. The lowest BCUT2D eigenvalue weighted by atomic mass is 10.0. The van der Waals surface area contributed by atoms with Gasteiger partial charge in [0.05, 0.1) is 25.1 Å². The van der Waals surface area contributed by atoms with E-state index in [4.69, 9.17) is 4.74 Å². The number of ether oxygens (including phenoxy) is 1. The summed E-state index contributed by atoms with van der Waals surface area (Å²) in [6.45, 7) is 4.81. The third-order valence-electron chi connectivity index (χ3n) is 5.18. The Balaban J connectivity index is 1.74. The molecule has 1 saturated heterocycles. The smallest absolute Gasteiger partial charge is 0.225 e. The monoisotopic (exact) mass is 458 g/mol. The summed E-state index contributed by atoms with van der Waals surface area (Å²) in [7, 11) is 0. The molecule has 1 fully saturated rings. The molecule has 1 aliphatic rings. The standard InChI is InChI=1S/C23H27BrN2O3/c1-3-29-20-12-8-18(9-13-20)22-5-4-14-26(22)23(28)15-21(25-16(2)27)17-6-10-19(24)11-7-17/h6-13,21-22H,3-5,14-15H2,1-2H3,(H,25,27). The van der Waals surface area contributed by atoms with Gasteiger partial charge in [0, 0.05) is 17.9 Å². The van der Waals surface area contributed by atoms with E-state index in [1.54, 1.807) is 0 Å². The largest absolute Gasteiger partial charge is 0.494 e. The van der Waals surface area contributed by atoms with Crippen LogP contribution in [0.1, 0.15) is 56.3 Å². The van der Waals surface area contributed by atoms with Gasteiger partial charge in [-0.25, -0.2) is 0 Å². The van der Waals surface area contributed by atoms with Crippen LogP contribution >= 0.6 is 15.9 Å². The van der Waals surface area contributed by atoms with Gasteiger partial charge in [0.15, 0.2) is 0 Å². The minimum atomic E-state index is -0.338. The van der Waals surface area contributed by atoms with E-state index in [1.807, 2.05) is 60.4 Å². The molecule has 2 unspecified atom stereocenters. The zero-order valence-corrected chi connectivity index (χ0v) is 18.4. The summed E-state index contributed by atoms with van der Waals surface area (Å²) in [5.74, 6) is 0.756. The number of likely N-dealkylation sites (tertiary alicyclic amines) is 1. The Hall–Kier alpha value is -2.34. The summed E-state index contributed by atoms with van der Waals surface area (Å²) in [4.78, 5) is 26.8. The fourth-order valence-electron chi connectivity index (χ4n) is 3.85. The highest BCUT2D eigenvalue weighted by Gasteiger charge is 2.31. The van der Waals surface area contributed by atoms with Crippen molar-refractivity contribution in [3.63, 3.8) is 0 Å². The van der Waals surface area contributed by atoms with Crippen molar-refractivity contribution >= 4 is 27.7 Å². The fraction of sp³-hybridized carbons (Fsp3) is 0.391. The van der Waals surface area contributed by atoms with Crippen LogP contribution in [-0.2, 0) is 9.59 Å². The zero-order valence-electron chi connectivity index (χ0n) is 16.9. The number of amides is 2. The lowest BCUT2D eigenvalue weighted by Crippen LogP contribution is -2.35. The molecule has 1 aliphatic heterocycles. The van der Waals surface area contributed by atoms with Crippen LogP contribution in [0.5, 0.6) is 5.75 Å². The second-order valence-electron chi connectivity index (χ2n) is 7.26. The van der Waals surface area contributed by atoms with Crippen LogP contribution < -0.4 is 10.1 Å². The van der Waals surface area contributed by atoms with E-state index in [1.165, 1.54) is 6.92 Å². The molecule has 0 aliphatic carbocycles. The van der Waals surface area contributed by atoms with Crippen LogP contribution in [0.4, 0.5) is 0 Å². The van der Waals surface area contributed by atoms with Gasteiger partial charge in [-0.05, 0) is 55.2 Å². The van der Waals surface area contributed by atoms with Gasteiger partial charge >= 0.3 is 0 Å². The molecule has 0 saturated carbocycles. The van der Waals surface area contributed by atoms with E-state index >= 15 is 0 Å². The number of hydrogen-bond acceptors (Lipinski definition) is 3. The Bertz CT molecular complexity index is 836. The van der Waals surface area contributed by atoms with Crippen LogP contribution in [0.15, 0.2) is 53.0 Å². The summed E-state index contributed by atoms with van der Waals surface area (Å²) < 4.78 is 6.48. The van der Waals surface area contributed by atoms with Crippen LogP contribution in [0.2, 0.25) is 0 Å². The maximum absolute atomic E-state index is 13.2. The highest BCUT2D eigenvalue weighted by Crippen LogP contribution is 2.34. The lowest BCUT2D eigenvalue weighted by Gasteiger charge is -2.28. The quantitative estimate of drug-likeness (QED) is 0.649. The van der Waals surface area contributed by atoms with Crippen LogP contribution in [0.3, 0.4) is 0 Å². The first-order chi connectivity index (χ1) is 14.0. The molecule has 29 heavy (non-hydrogen) atoms. The third-order valence-corrected chi connectivity index (χ3v) is 5.71. The van der Waals surface area contributed by atoms with E-state index in [2.05, 4.69) is 21.2 Å². The van der Waals surface area contributed by atoms with E-state index < -0.39 is 0 Å². The lowest BCUT2D eigenvalue weighted by molar-refractivity contribution is -0.133. The summed E-state index contributed by atoms with van der Waals surface area (Å²) in [6, 6.07) is 15.5. The van der Waals surface area contributed by atoms with Gasteiger partial charge in [-0.3, -0.25) is 9.59 Å². The molecule has 0 radical (unpaired) electrons. The Kier molecular flexibility index (Phi) is 7.31. The number of nitrogens with one attached hydrogen (secondary N) is 1. The number of hydrogen-bond donors (Lipinski definition) is 1. The van der Waals surface area contributed by atoms with E-state index in [0.29, 0.717) is 6.61 Å². The minimum absolute atomic E-state index is 0.0584. The summed E-state index contributed by atoms with van der Waals surface area (Å²) in [5.41, 5.74) is 2.05. The SMILES string of the molecule is CCOc1ccc(C2CCCN2C(=O)CC(NC(C)=O)c2ccc(Br)cc2)cc1. The number of rotatable bonds is 7. The molecule has 1 N–H and O–H groups in total. The van der Waals surface area contributed by atoms with Gasteiger partial charge in [0.25, 0.3) is 0 Å². The summed E-state index contributed by atoms with van der Waals surface area (Å²) >= 11 is 3.43. The molecule has 6 heteroatoms. The molecule has 154 valence electrons. The van der Waals surface area contributed by atoms with Gasteiger partial charge in [-0.15, -0.1) is 0 Å². The van der Waals surface area contributed by atoms with Crippen LogP contribution in [0.25, 0.3) is 0 Å². The molecule has 2 aromatic rings. The van der Waals surface area contributed by atoms with Gasteiger partial charge in [0.2, 0.25) is 11.8 Å². The average molecular weight is 459 g/mol. The van der Waals surface area contributed by atoms with Gasteiger partial charge in [-0.1, -0.05) is 40.2 Å². The van der Waals surface area contributed by atoms with Crippen molar-refractivity contribution in [1.82, 2.24) is 10.2 Å². The second-order valence-corrected chi connectivity index (χ2v) is 8.17. The van der Waals surface area contributed by atoms with E-state index in [9.17, 15) is 9.59 Å². The third kappa shape index (κ3) is 5.60. The average Bonchev–Trinajstić information content (AvgIpc) is 3.18. The van der Waals surface area contributed by atoms with Crippen molar-refractivity contribution in [2.45, 2.75) is 45.2 Å². The Labute approximate surface area is 180 Å². The molecule has 0 aromatic heterocycles. The fourth-order valence-corrected chi connectivity index (χ4v) is 4.11. The van der Waals surface area contributed by atoms with Crippen molar-refractivity contribution in [3.8, 4) is 5.75 Å². The van der Waals surface area contributed by atoms with Gasteiger partial charge in [-0.2, -0.15) is 0 Å². The summed E-state index contributed by atoms with van der Waals surface area (Å²) in [5, 5.41) is 2.93. The van der Waals surface area contributed by atoms with Crippen molar-refractivity contribution < 1.29 is 14.3 Å². The molecule has 2 aromatic carbocycles. The first-order valence-corrected chi connectivity index (χ1v) is 10.8. The van der Waals surface area contributed by atoms with Gasteiger partial charge < -0.3 is 15.0 Å². The number of halogens is 1. The molecule has 0 bridgehead atoms. The van der Waals surface area contributed by atoms with Crippen LogP contribution in [-0.4, -0.2) is 29.9 Å². The topological polar surface area (TPSA) is 58.6 Å². The molecule has 3 rings (SSSR count). The predicted molar refractivity (Wildman–Crippen MR) is 117 cm³/mol. The normalized spacial score (nSPS) is 17.1. The molecule has 1 heterocycles. The number of carbonyl (C=O) groups excluding carboxylic acids is 2.